The molecule has 0 aromatic heterocycles. The molecule has 1 aliphatic heterocycles. The van der Waals surface area contributed by atoms with Crippen LogP contribution in [0.15, 0.2) is 82.6 Å². The number of hydrogen-bond donors (Lipinski definition) is 0. The number of rotatable bonds is 5. The van der Waals surface area contributed by atoms with Crippen LogP contribution in [0.1, 0.15) is 11.1 Å². The zero-order valence-corrected chi connectivity index (χ0v) is 17.8. The summed E-state index contributed by atoms with van der Waals surface area (Å²) in [5, 5.41) is 1.12. The van der Waals surface area contributed by atoms with E-state index in [1.807, 2.05) is 0 Å². The Morgan fingerprint density at radius 1 is 0.767 bits per heavy atom. The largest absolute Gasteiger partial charge is 0.269 e. The van der Waals surface area contributed by atoms with Crippen molar-refractivity contribution in [2.24, 2.45) is 0 Å². The van der Waals surface area contributed by atoms with Gasteiger partial charge in [0, 0.05) is 14.9 Å². The van der Waals surface area contributed by atoms with Gasteiger partial charge in [-0.2, -0.15) is 0 Å². The minimum absolute atomic E-state index is 0.0553. The van der Waals surface area contributed by atoms with E-state index in [-0.39, 0.29) is 12.4 Å². The predicted octanol–water partition coefficient (Wildman–Crippen LogP) is 6.20. The summed E-state index contributed by atoms with van der Waals surface area (Å²) in [5.41, 5.74) is 1.58. The Morgan fingerprint density at radius 2 is 1.33 bits per heavy atom. The van der Waals surface area contributed by atoms with Crippen molar-refractivity contribution < 1.29 is 14.0 Å². The highest BCUT2D eigenvalue weighted by atomic mass is 35.5. The summed E-state index contributed by atoms with van der Waals surface area (Å²) in [5.74, 6) is -1.17. The van der Waals surface area contributed by atoms with Gasteiger partial charge < -0.3 is 0 Å². The Bertz CT molecular complexity index is 1140. The average Bonchev–Trinajstić information content (AvgIpc) is 2.96. The van der Waals surface area contributed by atoms with E-state index < -0.39 is 11.8 Å². The second-order valence-corrected chi connectivity index (χ2v) is 8.55. The molecule has 0 fully saturated rings. The Morgan fingerprint density at radius 3 is 1.93 bits per heavy atom. The monoisotopic (exact) mass is 457 g/mol. The molecule has 2 amide bonds. The van der Waals surface area contributed by atoms with Crippen LogP contribution in [0.3, 0.4) is 0 Å². The van der Waals surface area contributed by atoms with Crippen LogP contribution in [0, 0.1) is 5.82 Å². The number of nitrogens with zero attached hydrogens (tertiary/aromatic N) is 1. The number of hydrogen-bond acceptors (Lipinski definition) is 3. The first-order valence-electron chi connectivity index (χ1n) is 8.96. The first-order valence-corrected chi connectivity index (χ1v) is 10.5. The highest BCUT2D eigenvalue weighted by molar-refractivity contribution is 8.04. The molecule has 0 N–H and O–H groups in total. The van der Waals surface area contributed by atoms with E-state index in [9.17, 15) is 14.0 Å². The molecule has 150 valence electrons. The molecule has 4 rings (SSSR count). The number of thioether (sulfide) groups is 1. The lowest BCUT2D eigenvalue weighted by Gasteiger charge is -2.15. The molecule has 3 nitrogen and oxygen atoms in total. The highest BCUT2D eigenvalue weighted by Crippen LogP contribution is 2.40. The van der Waals surface area contributed by atoms with Gasteiger partial charge in [0.25, 0.3) is 11.8 Å². The second kappa shape index (κ2) is 8.64. The van der Waals surface area contributed by atoms with Gasteiger partial charge in [0.05, 0.1) is 17.0 Å². The molecule has 0 bridgehead atoms. The summed E-state index contributed by atoms with van der Waals surface area (Å²) < 4.78 is 13.2. The topological polar surface area (TPSA) is 37.4 Å². The molecule has 0 atom stereocenters. The third-order valence-corrected chi connectivity index (χ3v) is 6.14. The van der Waals surface area contributed by atoms with Crippen molar-refractivity contribution in [3.8, 4) is 0 Å². The standard InChI is InChI=1S/C23H14Cl2FNO2S/c24-16-5-3-15(4-6-16)20-21(30-19-11-7-17(25)8-12-19)23(29)27(22(20)28)13-14-1-9-18(26)10-2-14/h1-12H,13H2. The first-order chi connectivity index (χ1) is 14.4. The van der Waals surface area contributed by atoms with Crippen LogP contribution in [0.5, 0.6) is 0 Å². The summed E-state index contributed by atoms with van der Waals surface area (Å²) in [6.45, 7) is 0.0553. The number of imide groups is 1. The van der Waals surface area contributed by atoms with Crippen molar-refractivity contribution in [1.29, 1.82) is 0 Å². The van der Waals surface area contributed by atoms with Gasteiger partial charge in [-0.15, -0.1) is 0 Å². The summed E-state index contributed by atoms with van der Waals surface area (Å²) in [7, 11) is 0. The van der Waals surface area contributed by atoms with E-state index in [4.69, 9.17) is 23.2 Å². The molecule has 3 aromatic rings. The van der Waals surface area contributed by atoms with Gasteiger partial charge in [0.15, 0.2) is 0 Å². The third kappa shape index (κ3) is 4.29. The highest BCUT2D eigenvalue weighted by Gasteiger charge is 2.39. The van der Waals surface area contributed by atoms with Crippen LogP contribution < -0.4 is 0 Å². The summed E-state index contributed by atoms with van der Waals surface area (Å²) in [4.78, 5) is 28.7. The van der Waals surface area contributed by atoms with E-state index in [0.717, 1.165) is 4.90 Å². The fraction of sp³-hybridized carbons (Fsp3) is 0.0435. The molecule has 1 heterocycles. The van der Waals surface area contributed by atoms with Crippen molar-refractivity contribution in [3.05, 3.63) is 105 Å². The Kier molecular flexibility index (Phi) is 5.95. The SMILES string of the molecule is O=C1C(Sc2ccc(Cl)cc2)=C(c2ccc(Cl)cc2)C(=O)N1Cc1ccc(F)cc1. The van der Waals surface area contributed by atoms with Gasteiger partial charge >= 0.3 is 0 Å². The maximum Gasteiger partial charge on any atom is 0.268 e. The summed E-state index contributed by atoms with van der Waals surface area (Å²) in [6.07, 6.45) is 0. The third-order valence-electron chi connectivity index (χ3n) is 4.55. The van der Waals surface area contributed by atoms with E-state index in [2.05, 4.69) is 0 Å². The van der Waals surface area contributed by atoms with Crippen molar-refractivity contribution in [1.82, 2.24) is 4.90 Å². The molecule has 1 aliphatic rings. The lowest BCUT2D eigenvalue weighted by Crippen LogP contribution is -2.30. The second-order valence-electron chi connectivity index (χ2n) is 6.59. The average molecular weight is 458 g/mol. The Labute approximate surface area is 187 Å². The van der Waals surface area contributed by atoms with E-state index >= 15 is 0 Å². The van der Waals surface area contributed by atoms with E-state index in [0.29, 0.717) is 31.7 Å². The molecule has 0 radical (unpaired) electrons. The zero-order valence-electron chi connectivity index (χ0n) is 15.4. The van der Waals surface area contributed by atoms with Gasteiger partial charge in [0.2, 0.25) is 0 Å². The zero-order chi connectivity index (χ0) is 21.3. The van der Waals surface area contributed by atoms with E-state index in [1.54, 1.807) is 60.7 Å². The quantitative estimate of drug-likeness (QED) is 0.427. The number of amides is 2. The number of benzene rings is 3. The molecule has 7 heteroatoms. The van der Waals surface area contributed by atoms with Gasteiger partial charge in [-0.1, -0.05) is 59.2 Å². The Hall–Kier alpha value is -2.60. The molecule has 0 aliphatic carbocycles. The molecule has 30 heavy (non-hydrogen) atoms. The van der Waals surface area contributed by atoms with Crippen LogP contribution in [-0.2, 0) is 16.1 Å². The normalized spacial score (nSPS) is 14.0. The fourth-order valence-electron chi connectivity index (χ4n) is 3.06. The van der Waals surface area contributed by atoms with Crippen LogP contribution in [0.2, 0.25) is 10.0 Å². The lowest BCUT2D eigenvalue weighted by atomic mass is 10.1. The molecular formula is C23H14Cl2FNO2S. The predicted molar refractivity (Wildman–Crippen MR) is 118 cm³/mol. The minimum Gasteiger partial charge on any atom is -0.269 e. The summed E-state index contributed by atoms with van der Waals surface area (Å²) in [6, 6.07) is 19.5. The van der Waals surface area contributed by atoms with Gasteiger partial charge in [-0.05, 0) is 59.7 Å². The smallest absolute Gasteiger partial charge is 0.268 e. The van der Waals surface area contributed by atoms with E-state index in [1.165, 1.54) is 28.8 Å². The minimum atomic E-state index is -0.400. The molecule has 0 saturated carbocycles. The molecular weight excluding hydrogens is 444 g/mol. The van der Waals surface area contributed by atoms with Gasteiger partial charge in [-0.25, -0.2) is 4.39 Å². The van der Waals surface area contributed by atoms with Crippen molar-refractivity contribution in [2.45, 2.75) is 11.4 Å². The van der Waals surface area contributed by atoms with Crippen LogP contribution in [-0.4, -0.2) is 16.7 Å². The maximum absolute atomic E-state index is 13.2. The van der Waals surface area contributed by atoms with Crippen molar-refractivity contribution >= 4 is 52.4 Å². The summed E-state index contributed by atoms with van der Waals surface area (Å²) >= 11 is 13.2. The van der Waals surface area contributed by atoms with Crippen LogP contribution in [0.25, 0.3) is 5.57 Å². The Balaban J connectivity index is 1.72. The molecule has 0 saturated heterocycles. The number of carbonyl (C=O) groups is 2. The first kappa shape index (κ1) is 20.7. The number of carbonyl (C=O) groups excluding carboxylic acids is 2. The molecule has 0 unspecified atom stereocenters. The van der Waals surface area contributed by atoms with Gasteiger partial charge in [-0.3, -0.25) is 14.5 Å². The van der Waals surface area contributed by atoms with Crippen LogP contribution in [0.4, 0.5) is 4.39 Å². The molecule has 0 spiro atoms. The van der Waals surface area contributed by atoms with Crippen LogP contribution >= 0.6 is 35.0 Å². The fourth-order valence-corrected chi connectivity index (χ4v) is 4.32. The molecule has 3 aromatic carbocycles. The van der Waals surface area contributed by atoms with Crippen molar-refractivity contribution in [2.75, 3.05) is 0 Å². The number of halogens is 3. The maximum atomic E-state index is 13.2. The van der Waals surface area contributed by atoms with Crippen molar-refractivity contribution in [3.63, 3.8) is 0 Å². The van der Waals surface area contributed by atoms with Gasteiger partial charge in [0.1, 0.15) is 5.82 Å². The lowest BCUT2D eigenvalue weighted by molar-refractivity contribution is -0.137.